The Morgan fingerprint density at radius 2 is 1.88 bits per heavy atom. The molecule has 2 aromatic carbocycles. The van der Waals surface area contributed by atoms with E-state index >= 15 is 0 Å². The van der Waals surface area contributed by atoms with Gasteiger partial charge in [-0.3, -0.25) is 5.43 Å². The lowest BCUT2D eigenvalue weighted by molar-refractivity contribution is 0.617. The van der Waals surface area contributed by atoms with Gasteiger partial charge in [0.2, 0.25) is 11.6 Å². The predicted molar refractivity (Wildman–Crippen MR) is 91.2 cm³/mol. The molecule has 0 saturated carbocycles. The molecule has 6 heteroatoms. The summed E-state index contributed by atoms with van der Waals surface area (Å²) in [6.07, 6.45) is 0. The van der Waals surface area contributed by atoms with Gasteiger partial charge >= 0.3 is 0 Å². The lowest BCUT2D eigenvalue weighted by atomic mass is 10.1. The van der Waals surface area contributed by atoms with Crippen LogP contribution in [0.5, 0.6) is 0 Å². The second-order valence-corrected chi connectivity index (χ2v) is 5.27. The van der Waals surface area contributed by atoms with Crippen LogP contribution in [0, 0.1) is 36.5 Å². The van der Waals surface area contributed by atoms with Gasteiger partial charge in [0.1, 0.15) is 17.7 Å². The number of benzene rings is 2. The van der Waals surface area contributed by atoms with E-state index in [0.717, 1.165) is 16.7 Å². The molecule has 0 aliphatic rings. The molecule has 0 unspecified atom stereocenters. The maximum Gasteiger partial charge on any atom is 0.237 e. The molecule has 24 heavy (non-hydrogen) atoms. The third kappa shape index (κ3) is 2.81. The first-order valence-electron chi connectivity index (χ1n) is 7.23. The average Bonchev–Trinajstić information content (AvgIpc) is 3.00. The standard InChI is InChI=1S/C18H13N5O/c1-11-5-3-4-6-15(11)18-21-16-8-13(7-12(2)17(16)24-18)22-23-14(9-19)10-20/h3-8,22H,1-2H3. The van der Waals surface area contributed by atoms with Crippen molar-refractivity contribution < 1.29 is 4.42 Å². The van der Waals surface area contributed by atoms with Crippen LogP contribution in [0.15, 0.2) is 45.9 Å². The zero-order valence-electron chi connectivity index (χ0n) is 13.2. The van der Waals surface area contributed by atoms with Gasteiger partial charge in [-0.2, -0.15) is 15.6 Å². The first kappa shape index (κ1) is 15.3. The molecule has 0 aliphatic heterocycles. The van der Waals surface area contributed by atoms with Gasteiger partial charge in [0.05, 0.1) is 5.69 Å². The Kier molecular flexibility index (Phi) is 3.96. The Hall–Kier alpha value is -3.64. The van der Waals surface area contributed by atoms with Crippen molar-refractivity contribution in [2.75, 3.05) is 5.43 Å². The molecular formula is C18H13N5O. The smallest absolute Gasteiger partial charge is 0.237 e. The molecule has 0 radical (unpaired) electrons. The third-order valence-electron chi connectivity index (χ3n) is 3.56. The van der Waals surface area contributed by atoms with Gasteiger partial charge in [0.25, 0.3) is 0 Å². The summed E-state index contributed by atoms with van der Waals surface area (Å²) in [5, 5.41) is 21.2. The molecule has 6 nitrogen and oxygen atoms in total. The molecular weight excluding hydrogens is 302 g/mol. The van der Waals surface area contributed by atoms with E-state index in [1.807, 2.05) is 44.2 Å². The van der Waals surface area contributed by atoms with Crippen LogP contribution >= 0.6 is 0 Å². The highest BCUT2D eigenvalue weighted by molar-refractivity contribution is 6.10. The fraction of sp³-hybridized carbons (Fsp3) is 0.111. The first-order chi connectivity index (χ1) is 11.6. The molecule has 0 atom stereocenters. The van der Waals surface area contributed by atoms with Crippen LogP contribution in [0.1, 0.15) is 11.1 Å². The summed E-state index contributed by atoms with van der Waals surface area (Å²) < 4.78 is 5.91. The van der Waals surface area contributed by atoms with Crippen LogP contribution in [-0.2, 0) is 0 Å². The Morgan fingerprint density at radius 3 is 2.58 bits per heavy atom. The van der Waals surface area contributed by atoms with Crippen LogP contribution < -0.4 is 5.43 Å². The van der Waals surface area contributed by atoms with Gasteiger partial charge in [0, 0.05) is 5.56 Å². The number of nitrogens with zero attached hydrogens (tertiary/aromatic N) is 4. The Morgan fingerprint density at radius 1 is 1.12 bits per heavy atom. The molecule has 0 aliphatic carbocycles. The van der Waals surface area contributed by atoms with Crippen LogP contribution in [0.3, 0.4) is 0 Å². The Bertz CT molecular complexity index is 1020. The summed E-state index contributed by atoms with van der Waals surface area (Å²) in [5.41, 5.74) is 7.38. The zero-order valence-corrected chi connectivity index (χ0v) is 13.2. The number of fused-ring (bicyclic) bond motifs is 1. The number of nitrogens with one attached hydrogen (secondary N) is 1. The van der Waals surface area contributed by atoms with E-state index < -0.39 is 0 Å². The number of rotatable bonds is 3. The highest BCUT2D eigenvalue weighted by atomic mass is 16.3. The average molecular weight is 315 g/mol. The molecule has 3 rings (SSSR count). The van der Waals surface area contributed by atoms with Gasteiger partial charge in [-0.1, -0.05) is 18.2 Å². The van der Waals surface area contributed by atoms with Crippen molar-refractivity contribution in [1.82, 2.24) is 4.98 Å². The Balaban J connectivity index is 2.04. The molecule has 0 saturated heterocycles. The summed E-state index contributed by atoms with van der Waals surface area (Å²) in [6.45, 7) is 3.91. The van der Waals surface area contributed by atoms with Crippen molar-refractivity contribution in [2.24, 2.45) is 5.10 Å². The van der Waals surface area contributed by atoms with Gasteiger partial charge in [-0.25, -0.2) is 4.98 Å². The molecule has 1 aromatic heterocycles. The van der Waals surface area contributed by atoms with Gasteiger partial charge < -0.3 is 4.42 Å². The van der Waals surface area contributed by atoms with Crippen LogP contribution in [-0.4, -0.2) is 10.7 Å². The van der Waals surface area contributed by atoms with Crippen molar-refractivity contribution in [1.29, 1.82) is 10.5 Å². The molecule has 0 bridgehead atoms. The van der Waals surface area contributed by atoms with Crippen LogP contribution in [0.2, 0.25) is 0 Å². The molecule has 0 amide bonds. The minimum absolute atomic E-state index is 0.242. The number of hydrogen-bond acceptors (Lipinski definition) is 6. The van der Waals surface area contributed by atoms with E-state index in [4.69, 9.17) is 14.9 Å². The van der Waals surface area contributed by atoms with Gasteiger partial charge in [-0.15, -0.1) is 0 Å². The fourth-order valence-corrected chi connectivity index (χ4v) is 2.39. The normalized spacial score (nSPS) is 10.0. The van der Waals surface area contributed by atoms with Gasteiger partial charge in [0.15, 0.2) is 5.58 Å². The largest absolute Gasteiger partial charge is 0.436 e. The second-order valence-electron chi connectivity index (χ2n) is 5.27. The SMILES string of the molecule is Cc1ccccc1-c1nc2cc(NN=C(C#N)C#N)cc(C)c2o1. The highest BCUT2D eigenvalue weighted by Crippen LogP contribution is 2.30. The minimum Gasteiger partial charge on any atom is -0.436 e. The van der Waals surface area contributed by atoms with E-state index in [9.17, 15) is 0 Å². The first-order valence-corrected chi connectivity index (χ1v) is 7.23. The van der Waals surface area contributed by atoms with Crippen LogP contribution in [0.25, 0.3) is 22.6 Å². The van der Waals surface area contributed by atoms with Crippen molar-refractivity contribution >= 4 is 22.5 Å². The van der Waals surface area contributed by atoms with Gasteiger partial charge in [-0.05, 0) is 43.2 Å². The van der Waals surface area contributed by atoms with E-state index in [1.165, 1.54) is 0 Å². The molecule has 1 heterocycles. The number of anilines is 1. The monoisotopic (exact) mass is 315 g/mol. The lowest BCUT2D eigenvalue weighted by Gasteiger charge is -2.01. The third-order valence-corrected chi connectivity index (χ3v) is 3.56. The van der Waals surface area contributed by atoms with E-state index in [-0.39, 0.29) is 5.71 Å². The molecule has 3 aromatic rings. The maximum absolute atomic E-state index is 8.72. The number of aryl methyl sites for hydroxylation is 2. The van der Waals surface area contributed by atoms with Crippen molar-refractivity contribution in [3.05, 3.63) is 47.5 Å². The Labute approximate surface area is 138 Å². The quantitative estimate of drug-likeness (QED) is 0.583. The summed E-state index contributed by atoms with van der Waals surface area (Å²) in [7, 11) is 0. The topological polar surface area (TPSA) is 98.0 Å². The van der Waals surface area contributed by atoms with Crippen molar-refractivity contribution in [3.63, 3.8) is 0 Å². The lowest BCUT2D eigenvalue weighted by Crippen LogP contribution is -1.96. The molecule has 0 spiro atoms. The maximum atomic E-state index is 8.72. The van der Waals surface area contributed by atoms with Crippen molar-refractivity contribution in [3.8, 4) is 23.6 Å². The van der Waals surface area contributed by atoms with Crippen LogP contribution in [0.4, 0.5) is 5.69 Å². The minimum atomic E-state index is -0.242. The van der Waals surface area contributed by atoms with Crippen molar-refractivity contribution in [2.45, 2.75) is 13.8 Å². The summed E-state index contributed by atoms with van der Waals surface area (Å²) >= 11 is 0. The van der Waals surface area contributed by atoms with E-state index in [1.54, 1.807) is 18.2 Å². The molecule has 1 N–H and O–H groups in total. The predicted octanol–water partition coefficient (Wildman–Crippen LogP) is 3.93. The summed E-state index contributed by atoms with van der Waals surface area (Å²) in [5.74, 6) is 0.557. The number of hydrogen-bond donors (Lipinski definition) is 1. The fourth-order valence-electron chi connectivity index (χ4n) is 2.39. The number of nitriles is 2. The molecule has 116 valence electrons. The van der Waals surface area contributed by atoms with E-state index in [0.29, 0.717) is 22.7 Å². The van der Waals surface area contributed by atoms with E-state index in [2.05, 4.69) is 15.5 Å². The number of aromatic nitrogens is 1. The summed E-state index contributed by atoms with van der Waals surface area (Å²) in [4.78, 5) is 4.55. The summed E-state index contributed by atoms with van der Waals surface area (Å²) in [6, 6.07) is 14.9. The number of oxazole rings is 1. The molecule has 0 fully saturated rings. The highest BCUT2D eigenvalue weighted by Gasteiger charge is 2.13. The number of hydrazone groups is 1. The zero-order chi connectivity index (χ0) is 17.1. The second kappa shape index (κ2) is 6.23.